The highest BCUT2D eigenvalue weighted by molar-refractivity contribution is 7.84. The van der Waals surface area contributed by atoms with E-state index in [1.807, 2.05) is 0 Å². The summed E-state index contributed by atoms with van der Waals surface area (Å²) in [7, 11) is -5.18. The lowest BCUT2D eigenvalue weighted by Crippen LogP contribution is -2.74. The van der Waals surface area contributed by atoms with Crippen LogP contribution in [-0.4, -0.2) is 96.0 Å². The molecular weight excluding hydrogens is 594 g/mol. The Balaban J connectivity index is 1.57. The van der Waals surface area contributed by atoms with Crippen LogP contribution in [-0.2, 0) is 29.5 Å². The minimum atomic E-state index is -5.18. The van der Waals surface area contributed by atoms with Crippen molar-refractivity contribution in [3.8, 4) is 5.75 Å². The van der Waals surface area contributed by atoms with Gasteiger partial charge in [-0.3, -0.25) is 23.7 Å². The maximum atomic E-state index is 13.2. The number of aromatic nitrogens is 2. The van der Waals surface area contributed by atoms with Gasteiger partial charge in [0, 0.05) is 36.9 Å². The highest BCUT2D eigenvalue weighted by Crippen LogP contribution is 2.36. The van der Waals surface area contributed by atoms with Gasteiger partial charge in [0.15, 0.2) is 16.5 Å². The number of amides is 3. The second kappa shape index (κ2) is 10.7. The van der Waals surface area contributed by atoms with Gasteiger partial charge in [-0.1, -0.05) is 5.16 Å². The predicted octanol–water partition coefficient (Wildman–Crippen LogP) is -2.51. The monoisotopic (exact) mass is 615 g/mol. The number of carbonyl (C=O) groups excluding carboxylic acids is 3. The summed E-state index contributed by atoms with van der Waals surface area (Å²) in [5.41, 5.74) is 1.25. The van der Waals surface area contributed by atoms with E-state index in [4.69, 9.17) is 10.6 Å². The molecule has 4 rings (SSSR count). The molecular formula is C20H21N7O12S2. The van der Waals surface area contributed by atoms with Crippen molar-refractivity contribution in [2.75, 3.05) is 12.3 Å². The maximum Gasteiger partial charge on any atom is 0.362 e. The molecule has 0 unspecified atom stereocenters. The van der Waals surface area contributed by atoms with Crippen LogP contribution in [0.25, 0.3) is 0 Å². The molecule has 2 aromatic rings. The lowest BCUT2D eigenvalue weighted by Gasteiger charge is -2.44. The zero-order valence-corrected chi connectivity index (χ0v) is 22.1. The average molecular weight is 616 g/mol. The molecule has 0 spiro atoms. The molecule has 0 radical (unpaired) electrons. The number of rotatable bonds is 10. The van der Waals surface area contributed by atoms with Crippen molar-refractivity contribution in [3.63, 3.8) is 0 Å². The number of nitrogens with zero attached hydrogens (tertiary/aromatic N) is 4. The van der Waals surface area contributed by atoms with E-state index in [9.17, 15) is 52.4 Å². The van der Waals surface area contributed by atoms with E-state index in [1.54, 1.807) is 0 Å². The van der Waals surface area contributed by atoms with Gasteiger partial charge >= 0.3 is 16.3 Å². The van der Waals surface area contributed by atoms with Crippen LogP contribution in [0.1, 0.15) is 35.4 Å². The first-order chi connectivity index (χ1) is 19.1. The van der Waals surface area contributed by atoms with Crippen molar-refractivity contribution in [1.29, 1.82) is 0 Å². The number of carbonyl (C=O) groups is 4. The maximum absolute atomic E-state index is 13.2. The van der Waals surface area contributed by atoms with Crippen molar-refractivity contribution in [2.24, 2.45) is 5.16 Å². The van der Waals surface area contributed by atoms with Crippen molar-refractivity contribution in [2.45, 2.75) is 36.9 Å². The molecule has 21 heteroatoms. The Morgan fingerprint density at radius 1 is 1.27 bits per heavy atom. The third-order valence-corrected chi connectivity index (χ3v) is 7.87. The Kier molecular flexibility index (Phi) is 7.60. The number of pyridine rings is 1. The molecule has 2 fully saturated rings. The fourth-order valence-corrected chi connectivity index (χ4v) is 5.37. The minimum absolute atomic E-state index is 0.00394. The summed E-state index contributed by atoms with van der Waals surface area (Å²) in [6.07, 6.45) is 0.734. The number of carboxylic acid groups (broad SMARTS) is 1. The summed E-state index contributed by atoms with van der Waals surface area (Å²) < 4.78 is 32.9. The van der Waals surface area contributed by atoms with Crippen LogP contribution in [0, 0.1) is 0 Å². The number of hydrogen-bond acceptors (Lipinski definition) is 14. The minimum Gasteiger partial charge on any atom is -0.508 e. The van der Waals surface area contributed by atoms with Crippen molar-refractivity contribution >= 4 is 56.2 Å². The molecule has 1 aliphatic carbocycles. The molecule has 0 aromatic carbocycles. The van der Waals surface area contributed by atoms with E-state index in [0.29, 0.717) is 12.5 Å². The van der Waals surface area contributed by atoms with Crippen LogP contribution in [0.2, 0.25) is 0 Å². The molecule has 2 aliphatic rings. The van der Waals surface area contributed by atoms with Crippen LogP contribution in [0.5, 0.6) is 5.75 Å². The number of oxime groups is 1. The summed E-state index contributed by atoms with van der Waals surface area (Å²) in [5, 5.41) is 38.0. The first kappa shape index (κ1) is 29.2. The summed E-state index contributed by atoms with van der Waals surface area (Å²) >= 11 is 0.902. The van der Waals surface area contributed by atoms with Crippen LogP contribution in [0.3, 0.4) is 0 Å². The van der Waals surface area contributed by atoms with E-state index >= 15 is 0 Å². The topological polar surface area (TPSA) is 293 Å². The number of nitrogen functional groups attached to an aromatic ring is 1. The van der Waals surface area contributed by atoms with Crippen LogP contribution in [0.15, 0.2) is 27.5 Å². The van der Waals surface area contributed by atoms with Gasteiger partial charge in [0.2, 0.25) is 5.60 Å². The van der Waals surface area contributed by atoms with E-state index in [0.717, 1.165) is 17.4 Å². The molecule has 1 aliphatic heterocycles. The average Bonchev–Trinajstić information content (AvgIpc) is 3.27. The van der Waals surface area contributed by atoms with Crippen LogP contribution >= 0.6 is 11.3 Å². The Hall–Kier alpha value is -4.76. The van der Waals surface area contributed by atoms with Crippen LogP contribution in [0.4, 0.5) is 5.13 Å². The number of β-lactam (4-membered cyclic amide) rings is 1. The highest BCUT2D eigenvalue weighted by Gasteiger charge is 2.54. The molecule has 3 amide bonds. The lowest BCUT2D eigenvalue weighted by atomic mass is 9.80. The summed E-state index contributed by atoms with van der Waals surface area (Å²) in [4.78, 5) is 70.6. The highest BCUT2D eigenvalue weighted by atomic mass is 32.2. The summed E-state index contributed by atoms with van der Waals surface area (Å²) in [6.45, 7) is -0.756. The largest absolute Gasteiger partial charge is 0.508 e. The molecule has 8 N–H and O–H groups in total. The molecule has 1 saturated heterocycles. The smallest absolute Gasteiger partial charge is 0.362 e. The number of aliphatic carboxylic acids is 1. The SMILES string of the molecule is Nc1nc(C(=NOC2(C(=O)O)CCC2)C(=O)N[C@@H]2C(=O)N(S(=O)(=O)O)[C@H]2CNC(=O)c2cc(O)cc(=O)n2O)cs1. The van der Waals surface area contributed by atoms with Crippen molar-refractivity contribution in [3.05, 3.63) is 39.3 Å². The first-order valence-electron chi connectivity index (χ1n) is 11.4. The van der Waals surface area contributed by atoms with E-state index in [1.165, 1.54) is 5.38 Å². The Bertz CT molecular complexity index is 1630. The summed E-state index contributed by atoms with van der Waals surface area (Å²) in [5.74, 6) is -5.67. The molecule has 220 valence electrons. The number of nitrogens with two attached hydrogens (primary N) is 1. The standard InChI is InChI=1S/C20H21N7O12S2/c21-19-23-9(7-40-19)13(25-39-20(18(33)34)2-1-3-20)16(31)24-14-11(27(17(14)32)41(36,37)38)6-22-15(30)10-4-8(28)5-12(29)26(10)35/h4-5,7,11,14,28,35H,1-3,6H2,(H2,21,23)(H,22,30)(H,24,31)(H,33,34)(H,36,37,38)/t11-,14-/m0/s1. The first-order valence-corrected chi connectivity index (χ1v) is 13.7. The fourth-order valence-electron chi connectivity index (χ4n) is 3.95. The van der Waals surface area contributed by atoms with Gasteiger partial charge in [-0.15, -0.1) is 16.1 Å². The van der Waals surface area contributed by atoms with Gasteiger partial charge in [-0.25, -0.2) is 14.1 Å². The zero-order chi connectivity index (χ0) is 30.3. The van der Waals surface area contributed by atoms with E-state index < -0.39 is 80.9 Å². The number of aromatic hydroxyl groups is 1. The van der Waals surface area contributed by atoms with Gasteiger partial charge in [0.05, 0.1) is 6.04 Å². The Labute approximate surface area is 232 Å². The van der Waals surface area contributed by atoms with Crippen molar-refractivity contribution in [1.82, 2.24) is 24.7 Å². The quantitative estimate of drug-likeness (QED) is 0.0477. The normalized spacial score (nSPS) is 20.0. The van der Waals surface area contributed by atoms with E-state index in [2.05, 4.69) is 20.8 Å². The molecule has 41 heavy (non-hydrogen) atoms. The third-order valence-electron chi connectivity index (χ3n) is 6.24. The molecule has 2 atom stereocenters. The van der Waals surface area contributed by atoms with Crippen LogP contribution < -0.4 is 21.9 Å². The zero-order valence-electron chi connectivity index (χ0n) is 20.5. The van der Waals surface area contributed by atoms with Gasteiger partial charge in [0.1, 0.15) is 17.5 Å². The number of nitrogens with one attached hydrogen (secondary N) is 2. The number of thiazole rings is 1. The predicted molar refractivity (Wildman–Crippen MR) is 134 cm³/mol. The van der Waals surface area contributed by atoms with E-state index in [-0.39, 0.29) is 32.7 Å². The molecule has 19 nitrogen and oxygen atoms in total. The number of anilines is 1. The molecule has 3 heterocycles. The Morgan fingerprint density at radius 2 is 1.95 bits per heavy atom. The van der Waals surface area contributed by atoms with Gasteiger partial charge in [0.25, 0.3) is 23.3 Å². The number of carboxylic acids is 1. The van der Waals surface area contributed by atoms with Gasteiger partial charge in [-0.2, -0.15) is 8.42 Å². The second-order valence-electron chi connectivity index (χ2n) is 8.84. The fraction of sp³-hybridized carbons (Fsp3) is 0.350. The molecule has 1 saturated carbocycles. The Morgan fingerprint density at radius 3 is 2.49 bits per heavy atom. The lowest BCUT2D eigenvalue weighted by molar-refractivity contribution is -0.178. The second-order valence-corrected chi connectivity index (χ2v) is 11.0. The van der Waals surface area contributed by atoms with Gasteiger partial charge in [-0.05, 0) is 6.42 Å². The number of hydrogen-bond donors (Lipinski definition) is 7. The molecule has 0 bridgehead atoms. The molecule has 2 aromatic heterocycles. The summed E-state index contributed by atoms with van der Waals surface area (Å²) in [6, 6.07) is -1.99. The van der Waals surface area contributed by atoms with Gasteiger partial charge < -0.3 is 36.6 Å². The van der Waals surface area contributed by atoms with Crippen molar-refractivity contribution < 1.29 is 52.4 Å². The third kappa shape index (κ3) is 5.62.